The Labute approximate surface area is 112 Å². The van der Waals surface area contributed by atoms with Gasteiger partial charge in [0.2, 0.25) is 5.78 Å². The van der Waals surface area contributed by atoms with Crippen molar-refractivity contribution in [2.24, 2.45) is 5.92 Å². The molecule has 1 heterocycles. The van der Waals surface area contributed by atoms with E-state index in [1.165, 1.54) is 5.56 Å². The first-order valence-corrected chi connectivity index (χ1v) is 7.13. The molecule has 0 spiro atoms. The molecule has 4 rings (SSSR count). The lowest BCUT2D eigenvalue weighted by molar-refractivity contribution is -0.146. The van der Waals surface area contributed by atoms with Crippen LogP contribution >= 0.6 is 0 Å². The normalized spacial score (nSPS) is 36.6. The highest BCUT2D eigenvalue weighted by Gasteiger charge is 2.58. The third kappa shape index (κ3) is 1.31. The van der Waals surface area contributed by atoms with Crippen molar-refractivity contribution in [3.8, 4) is 0 Å². The van der Waals surface area contributed by atoms with Gasteiger partial charge in [0.25, 0.3) is 0 Å². The molecule has 1 aromatic rings. The topological polar surface area (TPSA) is 46.2 Å². The van der Waals surface area contributed by atoms with Crippen LogP contribution in [0.5, 0.6) is 0 Å². The molecule has 2 aliphatic carbocycles. The van der Waals surface area contributed by atoms with Crippen LogP contribution < -0.4 is 5.32 Å². The van der Waals surface area contributed by atoms with Crippen LogP contribution in [0.25, 0.3) is 0 Å². The number of carbonyl (C=O) groups is 2. The van der Waals surface area contributed by atoms with Crippen molar-refractivity contribution in [2.75, 3.05) is 6.54 Å². The number of ketones is 2. The summed E-state index contributed by atoms with van der Waals surface area (Å²) in [6.45, 7) is 0.842. The highest BCUT2D eigenvalue weighted by molar-refractivity contribution is 6.41. The maximum atomic E-state index is 12.7. The molecule has 2 fully saturated rings. The van der Waals surface area contributed by atoms with Gasteiger partial charge < -0.3 is 5.32 Å². The molecule has 1 N–H and O–H groups in total. The van der Waals surface area contributed by atoms with E-state index in [1.807, 2.05) is 12.1 Å². The molecule has 1 aromatic carbocycles. The molecule has 3 atom stereocenters. The van der Waals surface area contributed by atoms with Gasteiger partial charge >= 0.3 is 0 Å². The van der Waals surface area contributed by atoms with Crippen LogP contribution in [0.1, 0.15) is 30.4 Å². The zero-order valence-electron chi connectivity index (χ0n) is 10.8. The van der Waals surface area contributed by atoms with Gasteiger partial charge in [0.05, 0.1) is 5.41 Å². The molecule has 0 radical (unpaired) electrons. The number of carbonyl (C=O) groups excluding carboxylic acids is 2. The van der Waals surface area contributed by atoms with Crippen molar-refractivity contribution in [3.05, 3.63) is 35.4 Å². The van der Waals surface area contributed by atoms with E-state index in [2.05, 4.69) is 17.4 Å². The number of piperidine rings is 1. The molecule has 2 bridgehead atoms. The summed E-state index contributed by atoms with van der Waals surface area (Å²) in [5.41, 5.74) is 1.87. The third-order valence-electron chi connectivity index (χ3n) is 5.32. The van der Waals surface area contributed by atoms with Crippen LogP contribution in [0.15, 0.2) is 24.3 Å². The van der Waals surface area contributed by atoms with Gasteiger partial charge in [0.15, 0.2) is 5.78 Å². The molecule has 1 saturated carbocycles. The number of Topliss-reactive ketones (excluding diaryl/α,β-unsaturated/α-hetero) is 2. The smallest absolute Gasteiger partial charge is 0.209 e. The molecule has 0 aromatic heterocycles. The van der Waals surface area contributed by atoms with Crippen molar-refractivity contribution in [3.63, 3.8) is 0 Å². The van der Waals surface area contributed by atoms with Crippen LogP contribution in [-0.4, -0.2) is 24.2 Å². The van der Waals surface area contributed by atoms with Crippen LogP contribution in [0.2, 0.25) is 0 Å². The van der Waals surface area contributed by atoms with E-state index < -0.39 is 5.41 Å². The molecule has 3 heteroatoms. The van der Waals surface area contributed by atoms with Crippen LogP contribution in [0, 0.1) is 5.92 Å². The van der Waals surface area contributed by atoms with Gasteiger partial charge in [0.1, 0.15) is 0 Å². The van der Waals surface area contributed by atoms with Crippen molar-refractivity contribution in [1.29, 1.82) is 0 Å². The Morgan fingerprint density at radius 3 is 2.95 bits per heavy atom. The zero-order valence-corrected chi connectivity index (χ0v) is 10.8. The van der Waals surface area contributed by atoms with Crippen LogP contribution in [0.4, 0.5) is 0 Å². The monoisotopic (exact) mass is 255 g/mol. The Kier molecular flexibility index (Phi) is 2.25. The van der Waals surface area contributed by atoms with Crippen molar-refractivity contribution >= 4 is 11.6 Å². The predicted molar refractivity (Wildman–Crippen MR) is 71.0 cm³/mol. The second-order valence-electron chi connectivity index (χ2n) is 6.04. The summed E-state index contributed by atoms with van der Waals surface area (Å²) in [7, 11) is 0. The molecule has 0 amide bonds. The quantitative estimate of drug-likeness (QED) is 0.713. The minimum atomic E-state index is -0.514. The minimum absolute atomic E-state index is 0.123. The lowest BCUT2D eigenvalue weighted by Crippen LogP contribution is -2.64. The van der Waals surface area contributed by atoms with E-state index in [1.54, 1.807) is 0 Å². The second-order valence-corrected chi connectivity index (χ2v) is 6.04. The van der Waals surface area contributed by atoms with Gasteiger partial charge in [-0.25, -0.2) is 0 Å². The number of fused-ring (bicyclic) bond motifs is 1. The SMILES string of the molecule is O=C1CC[C@H]2[C@H]3Cc4ccccc4[C@@]2(CCN3)C1=O. The van der Waals surface area contributed by atoms with E-state index in [0.29, 0.717) is 18.4 Å². The maximum Gasteiger partial charge on any atom is 0.209 e. The van der Waals surface area contributed by atoms with Crippen molar-refractivity contribution in [2.45, 2.75) is 37.1 Å². The fourth-order valence-corrected chi connectivity index (χ4v) is 4.55. The average molecular weight is 255 g/mol. The standard InChI is InChI=1S/C16H17NO2/c18-14-6-5-12-13-9-10-3-1-2-4-11(10)16(12,15(14)19)7-8-17-13/h1-4,12-13,17H,5-9H2/t12-,13+,16+/m0/s1. The van der Waals surface area contributed by atoms with E-state index in [0.717, 1.165) is 31.4 Å². The Morgan fingerprint density at radius 1 is 1.21 bits per heavy atom. The average Bonchev–Trinajstić information content (AvgIpc) is 2.43. The van der Waals surface area contributed by atoms with Crippen molar-refractivity contribution < 1.29 is 9.59 Å². The summed E-state index contributed by atoms with van der Waals surface area (Å²) in [5, 5.41) is 3.56. The van der Waals surface area contributed by atoms with Crippen LogP contribution in [-0.2, 0) is 21.4 Å². The number of nitrogens with one attached hydrogen (secondary N) is 1. The van der Waals surface area contributed by atoms with E-state index in [9.17, 15) is 9.59 Å². The number of hydrogen-bond acceptors (Lipinski definition) is 3. The maximum absolute atomic E-state index is 12.7. The summed E-state index contributed by atoms with van der Waals surface area (Å²) in [5.74, 6) is 0.0253. The van der Waals surface area contributed by atoms with Crippen LogP contribution in [0.3, 0.4) is 0 Å². The Morgan fingerprint density at radius 2 is 2.05 bits per heavy atom. The summed E-state index contributed by atoms with van der Waals surface area (Å²) in [6, 6.07) is 8.57. The number of benzene rings is 1. The highest BCUT2D eigenvalue weighted by Crippen LogP contribution is 2.51. The fourth-order valence-electron chi connectivity index (χ4n) is 4.55. The number of rotatable bonds is 0. The molecule has 0 unspecified atom stereocenters. The molecule has 1 aliphatic heterocycles. The minimum Gasteiger partial charge on any atom is -0.313 e. The largest absolute Gasteiger partial charge is 0.313 e. The second kappa shape index (κ2) is 3.76. The van der Waals surface area contributed by atoms with E-state index >= 15 is 0 Å². The Hall–Kier alpha value is -1.48. The first kappa shape index (κ1) is 11.4. The predicted octanol–water partition coefficient (Wildman–Crippen LogP) is 1.39. The van der Waals surface area contributed by atoms with Gasteiger partial charge in [0, 0.05) is 12.5 Å². The Balaban J connectivity index is 1.98. The van der Waals surface area contributed by atoms with Gasteiger partial charge in [-0.3, -0.25) is 9.59 Å². The molecule has 98 valence electrons. The zero-order chi connectivity index (χ0) is 13.0. The Bertz CT molecular complexity index is 580. The lowest BCUT2D eigenvalue weighted by atomic mass is 9.52. The molecular weight excluding hydrogens is 238 g/mol. The first-order chi connectivity index (χ1) is 9.23. The lowest BCUT2D eigenvalue weighted by Gasteiger charge is -2.53. The third-order valence-corrected chi connectivity index (χ3v) is 5.32. The van der Waals surface area contributed by atoms with Gasteiger partial charge in [-0.2, -0.15) is 0 Å². The summed E-state index contributed by atoms with van der Waals surface area (Å²) >= 11 is 0. The molecular formula is C16H17NO2. The van der Waals surface area contributed by atoms with Crippen molar-refractivity contribution in [1.82, 2.24) is 5.32 Å². The van der Waals surface area contributed by atoms with E-state index in [-0.39, 0.29) is 11.6 Å². The molecule has 1 saturated heterocycles. The summed E-state index contributed by atoms with van der Waals surface area (Å²) in [4.78, 5) is 24.7. The van der Waals surface area contributed by atoms with Gasteiger partial charge in [-0.05, 0) is 42.9 Å². The van der Waals surface area contributed by atoms with Gasteiger partial charge in [-0.1, -0.05) is 24.3 Å². The summed E-state index contributed by atoms with van der Waals surface area (Å²) in [6.07, 6.45) is 3.06. The molecule has 3 aliphatic rings. The fraction of sp³-hybridized carbons (Fsp3) is 0.500. The summed E-state index contributed by atoms with van der Waals surface area (Å²) < 4.78 is 0. The van der Waals surface area contributed by atoms with E-state index in [4.69, 9.17) is 0 Å². The molecule has 19 heavy (non-hydrogen) atoms. The number of hydrogen-bond donors (Lipinski definition) is 1. The van der Waals surface area contributed by atoms with Gasteiger partial charge in [-0.15, -0.1) is 0 Å². The highest BCUT2D eigenvalue weighted by atomic mass is 16.2. The first-order valence-electron chi connectivity index (χ1n) is 7.13. The molecule has 3 nitrogen and oxygen atoms in total.